The largest absolute Gasteiger partial charge is 0.373 e. The lowest BCUT2D eigenvalue weighted by Crippen LogP contribution is -2.58. The SMILES string of the molecule is CC[N+]1(CCOCCOC(C)[N+]2(CC)CCCCC2)CCCCC1. The quantitative estimate of drug-likeness (QED) is 0.447. The van der Waals surface area contributed by atoms with Crippen molar-refractivity contribution in [2.24, 2.45) is 0 Å². The number of likely N-dealkylation sites (N-methyl/N-ethyl adjacent to an activating group) is 1. The van der Waals surface area contributed by atoms with Crippen LogP contribution in [-0.2, 0) is 9.47 Å². The van der Waals surface area contributed by atoms with Crippen LogP contribution in [0.25, 0.3) is 0 Å². The molecule has 0 saturated carbocycles. The molecule has 0 aromatic carbocycles. The molecular formula is C20H42N2O2+2. The lowest BCUT2D eigenvalue weighted by atomic mass is 10.1. The summed E-state index contributed by atoms with van der Waals surface area (Å²) in [6.45, 7) is 18.2. The first-order valence-electron chi connectivity index (χ1n) is 10.6. The first-order valence-corrected chi connectivity index (χ1v) is 10.6. The summed E-state index contributed by atoms with van der Waals surface area (Å²) in [5.74, 6) is 0. The molecule has 4 heteroatoms. The Morgan fingerprint density at radius 2 is 1.38 bits per heavy atom. The van der Waals surface area contributed by atoms with Crippen molar-refractivity contribution < 1.29 is 18.4 Å². The number of hydrogen-bond acceptors (Lipinski definition) is 2. The Hall–Kier alpha value is -0.160. The molecule has 2 rings (SSSR count). The van der Waals surface area contributed by atoms with E-state index in [2.05, 4.69) is 20.8 Å². The smallest absolute Gasteiger partial charge is 0.190 e. The number of nitrogens with zero attached hydrogens (tertiary/aromatic N) is 2. The molecule has 2 saturated heterocycles. The fourth-order valence-corrected chi connectivity index (χ4v) is 4.76. The van der Waals surface area contributed by atoms with Crippen LogP contribution in [0.1, 0.15) is 59.3 Å². The van der Waals surface area contributed by atoms with Gasteiger partial charge in [0.15, 0.2) is 6.23 Å². The van der Waals surface area contributed by atoms with Gasteiger partial charge in [0.2, 0.25) is 0 Å². The van der Waals surface area contributed by atoms with Crippen LogP contribution < -0.4 is 0 Å². The fourth-order valence-electron chi connectivity index (χ4n) is 4.76. The molecule has 2 aliphatic rings. The molecule has 0 spiro atoms. The van der Waals surface area contributed by atoms with Crippen LogP contribution >= 0.6 is 0 Å². The normalized spacial score (nSPS) is 24.6. The van der Waals surface area contributed by atoms with E-state index in [0.29, 0.717) is 6.23 Å². The summed E-state index contributed by atoms with van der Waals surface area (Å²) in [7, 11) is 0. The van der Waals surface area contributed by atoms with Gasteiger partial charge in [-0.3, -0.25) is 4.48 Å². The van der Waals surface area contributed by atoms with Crippen LogP contribution in [0.5, 0.6) is 0 Å². The van der Waals surface area contributed by atoms with Gasteiger partial charge in [-0.25, -0.2) is 0 Å². The van der Waals surface area contributed by atoms with Crippen molar-refractivity contribution in [3.05, 3.63) is 0 Å². The summed E-state index contributed by atoms with van der Waals surface area (Å²) >= 11 is 0. The minimum Gasteiger partial charge on any atom is -0.373 e. The zero-order valence-electron chi connectivity index (χ0n) is 16.6. The molecule has 24 heavy (non-hydrogen) atoms. The maximum absolute atomic E-state index is 6.16. The van der Waals surface area contributed by atoms with Crippen LogP contribution in [0.3, 0.4) is 0 Å². The number of likely N-dealkylation sites (tertiary alicyclic amines) is 2. The van der Waals surface area contributed by atoms with Gasteiger partial charge in [-0.15, -0.1) is 0 Å². The molecular weight excluding hydrogens is 300 g/mol. The van der Waals surface area contributed by atoms with Crippen molar-refractivity contribution in [2.45, 2.75) is 65.5 Å². The van der Waals surface area contributed by atoms with Crippen molar-refractivity contribution in [1.29, 1.82) is 0 Å². The highest BCUT2D eigenvalue weighted by molar-refractivity contribution is 4.55. The van der Waals surface area contributed by atoms with Gasteiger partial charge in [0.25, 0.3) is 0 Å². The number of ether oxygens (including phenoxy) is 2. The molecule has 1 unspecified atom stereocenters. The molecule has 2 heterocycles. The van der Waals surface area contributed by atoms with Crippen molar-refractivity contribution in [3.63, 3.8) is 0 Å². The van der Waals surface area contributed by atoms with Crippen molar-refractivity contribution in [1.82, 2.24) is 0 Å². The van der Waals surface area contributed by atoms with Gasteiger partial charge < -0.3 is 14.0 Å². The van der Waals surface area contributed by atoms with E-state index in [1.807, 2.05) is 0 Å². The van der Waals surface area contributed by atoms with Crippen LogP contribution in [-0.4, -0.2) is 80.8 Å². The zero-order valence-corrected chi connectivity index (χ0v) is 16.6. The Kier molecular flexibility index (Phi) is 8.48. The van der Waals surface area contributed by atoms with Gasteiger partial charge in [-0.05, 0) is 52.4 Å². The molecule has 0 aromatic heterocycles. The maximum atomic E-state index is 6.16. The molecule has 0 bridgehead atoms. The first-order chi connectivity index (χ1) is 11.7. The highest BCUT2D eigenvalue weighted by Gasteiger charge is 2.34. The van der Waals surface area contributed by atoms with E-state index in [1.165, 1.54) is 88.8 Å². The van der Waals surface area contributed by atoms with E-state index in [-0.39, 0.29) is 0 Å². The van der Waals surface area contributed by atoms with Gasteiger partial charge in [0, 0.05) is 6.92 Å². The molecule has 142 valence electrons. The molecule has 4 nitrogen and oxygen atoms in total. The van der Waals surface area contributed by atoms with Gasteiger partial charge in [-0.2, -0.15) is 0 Å². The molecule has 2 fully saturated rings. The van der Waals surface area contributed by atoms with E-state index in [0.717, 1.165) is 24.3 Å². The minimum absolute atomic E-state index is 0.315. The second kappa shape index (κ2) is 10.1. The van der Waals surface area contributed by atoms with Crippen LogP contribution in [0.15, 0.2) is 0 Å². The van der Waals surface area contributed by atoms with Crippen LogP contribution in [0.4, 0.5) is 0 Å². The van der Waals surface area contributed by atoms with Crippen LogP contribution in [0.2, 0.25) is 0 Å². The van der Waals surface area contributed by atoms with E-state index in [9.17, 15) is 0 Å². The van der Waals surface area contributed by atoms with E-state index >= 15 is 0 Å². The second-order valence-corrected chi connectivity index (χ2v) is 8.01. The van der Waals surface area contributed by atoms with Crippen molar-refractivity contribution >= 4 is 0 Å². The molecule has 1 atom stereocenters. The topological polar surface area (TPSA) is 18.5 Å². The summed E-state index contributed by atoms with van der Waals surface area (Å²) in [5.41, 5.74) is 0. The molecule has 0 aliphatic carbocycles. The third-order valence-corrected chi connectivity index (χ3v) is 6.84. The zero-order chi connectivity index (χ0) is 17.3. The lowest BCUT2D eigenvalue weighted by Gasteiger charge is -2.44. The highest BCUT2D eigenvalue weighted by atomic mass is 16.5. The standard InChI is InChI=1S/C20H42N2O2/c1-4-21(12-8-6-9-13-21)16-17-23-18-19-24-20(3)22(5-2)14-10-7-11-15-22/h20H,4-19H2,1-3H3/q+2. The Morgan fingerprint density at radius 1 is 0.750 bits per heavy atom. The van der Waals surface area contributed by atoms with Crippen LogP contribution in [0, 0.1) is 0 Å². The summed E-state index contributed by atoms with van der Waals surface area (Å²) in [5, 5.41) is 0. The first kappa shape index (κ1) is 20.2. The molecule has 0 N–H and O–H groups in total. The monoisotopic (exact) mass is 342 g/mol. The summed E-state index contributed by atoms with van der Waals surface area (Å²) in [6, 6.07) is 0. The Labute approximate surface area is 150 Å². The average Bonchev–Trinajstić information content (AvgIpc) is 2.65. The highest BCUT2D eigenvalue weighted by Crippen LogP contribution is 2.23. The molecule has 2 aliphatic heterocycles. The Bertz CT molecular complexity index is 337. The number of quaternary nitrogens is 2. The second-order valence-electron chi connectivity index (χ2n) is 8.01. The Morgan fingerprint density at radius 3 is 1.96 bits per heavy atom. The fraction of sp³-hybridized carbons (Fsp3) is 1.00. The van der Waals surface area contributed by atoms with Gasteiger partial charge in [-0.1, -0.05) is 0 Å². The van der Waals surface area contributed by atoms with Gasteiger partial charge in [0.1, 0.15) is 6.54 Å². The lowest BCUT2D eigenvalue weighted by molar-refractivity contribution is -0.972. The minimum atomic E-state index is 0.315. The Balaban J connectivity index is 1.60. The number of piperidine rings is 2. The molecule has 0 amide bonds. The van der Waals surface area contributed by atoms with Gasteiger partial charge in [0.05, 0.1) is 59.1 Å². The predicted molar refractivity (Wildman–Crippen MR) is 99.9 cm³/mol. The summed E-state index contributed by atoms with van der Waals surface area (Å²) in [6.07, 6.45) is 8.63. The summed E-state index contributed by atoms with van der Waals surface area (Å²) in [4.78, 5) is 0. The number of hydrogen-bond donors (Lipinski definition) is 0. The van der Waals surface area contributed by atoms with Crippen molar-refractivity contribution in [2.75, 3.05) is 65.6 Å². The average molecular weight is 343 g/mol. The third-order valence-electron chi connectivity index (χ3n) is 6.84. The summed E-state index contributed by atoms with van der Waals surface area (Å²) < 4.78 is 14.5. The number of rotatable bonds is 10. The van der Waals surface area contributed by atoms with E-state index < -0.39 is 0 Å². The molecule has 0 aromatic rings. The van der Waals surface area contributed by atoms with E-state index in [1.54, 1.807) is 0 Å². The maximum Gasteiger partial charge on any atom is 0.190 e. The third kappa shape index (κ3) is 5.42. The molecule has 0 radical (unpaired) electrons. The van der Waals surface area contributed by atoms with Crippen molar-refractivity contribution in [3.8, 4) is 0 Å². The van der Waals surface area contributed by atoms with Gasteiger partial charge >= 0.3 is 0 Å². The van der Waals surface area contributed by atoms with E-state index in [4.69, 9.17) is 9.47 Å². The predicted octanol–water partition coefficient (Wildman–Crippen LogP) is 3.41.